The highest BCUT2D eigenvalue weighted by Crippen LogP contribution is 2.27. The molecule has 27 heavy (non-hydrogen) atoms. The number of carbonyl (C=O) groups is 1. The van der Waals surface area contributed by atoms with Crippen LogP contribution in [0.25, 0.3) is 5.69 Å². The Labute approximate surface area is 161 Å². The van der Waals surface area contributed by atoms with Crippen LogP contribution in [0, 0.1) is 0 Å². The zero-order valence-electron chi connectivity index (χ0n) is 14.3. The van der Waals surface area contributed by atoms with Crippen molar-refractivity contribution in [1.82, 2.24) is 9.78 Å². The van der Waals surface area contributed by atoms with Crippen molar-refractivity contribution in [1.29, 1.82) is 0 Å². The van der Waals surface area contributed by atoms with E-state index in [1.165, 1.54) is 35.9 Å². The quantitative estimate of drug-likeness (QED) is 0.634. The number of phenols is 1. The summed E-state index contributed by atoms with van der Waals surface area (Å²) in [7, 11) is -3.47. The fourth-order valence-corrected chi connectivity index (χ4v) is 3.46. The minimum absolute atomic E-state index is 0.00756. The third kappa shape index (κ3) is 4.12. The number of aromatic nitrogens is 2. The van der Waals surface area contributed by atoms with Crippen LogP contribution in [-0.2, 0) is 9.84 Å². The van der Waals surface area contributed by atoms with E-state index in [-0.39, 0.29) is 27.8 Å². The van der Waals surface area contributed by atoms with Crippen LogP contribution in [0.2, 0.25) is 5.02 Å². The highest BCUT2D eigenvalue weighted by atomic mass is 35.5. The number of carbonyl (C=O) groups excluding carboxylic acids is 1. The van der Waals surface area contributed by atoms with E-state index in [0.29, 0.717) is 10.7 Å². The predicted octanol–water partition coefficient (Wildman–Crippen LogP) is 3.28. The van der Waals surface area contributed by atoms with Gasteiger partial charge in [0.25, 0.3) is 5.91 Å². The number of aromatic hydroxyl groups is 1. The van der Waals surface area contributed by atoms with Gasteiger partial charge in [-0.3, -0.25) is 4.79 Å². The zero-order chi connectivity index (χ0) is 19.6. The van der Waals surface area contributed by atoms with Crippen molar-refractivity contribution in [3.05, 3.63) is 65.4 Å². The van der Waals surface area contributed by atoms with Crippen molar-refractivity contribution in [2.75, 3.05) is 11.1 Å². The maximum absolute atomic E-state index is 12.4. The van der Waals surface area contributed by atoms with Gasteiger partial charge in [-0.25, -0.2) is 13.1 Å². The van der Waals surface area contributed by atoms with Gasteiger partial charge in [0.05, 0.1) is 22.0 Å². The number of sulfone groups is 1. The maximum Gasteiger partial charge on any atom is 0.276 e. The molecule has 0 radical (unpaired) electrons. The van der Waals surface area contributed by atoms with Gasteiger partial charge in [-0.15, -0.1) is 0 Å². The molecule has 0 aliphatic heterocycles. The molecule has 1 aromatic heterocycles. The molecule has 2 aromatic carbocycles. The number of anilines is 1. The van der Waals surface area contributed by atoms with E-state index >= 15 is 0 Å². The average Bonchev–Trinajstić information content (AvgIpc) is 3.13. The number of nitrogens with zero attached hydrogens (tertiary/aromatic N) is 2. The Morgan fingerprint density at radius 1 is 1.22 bits per heavy atom. The van der Waals surface area contributed by atoms with E-state index in [1.807, 2.05) is 0 Å². The summed E-state index contributed by atoms with van der Waals surface area (Å²) in [6, 6.07) is 12.2. The van der Waals surface area contributed by atoms with Gasteiger partial charge >= 0.3 is 0 Å². The van der Waals surface area contributed by atoms with Crippen molar-refractivity contribution >= 4 is 33.0 Å². The van der Waals surface area contributed by atoms with E-state index in [4.69, 9.17) is 11.6 Å². The molecule has 2 N–H and O–H groups in total. The second kappa shape index (κ2) is 7.42. The first-order chi connectivity index (χ1) is 12.8. The third-order valence-electron chi connectivity index (χ3n) is 3.85. The Morgan fingerprint density at radius 3 is 2.70 bits per heavy atom. The largest absolute Gasteiger partial charge is 0.506 e. The van der Waals surface area contributed by atoms with Crippen molar-refractivity contribution < 1.29 is 18.3 Å². The summed E-state index contributed by atoms with van der Waals surface area (Å²) in [5, 5.41) is 17.1. The number of halogens is 1. The molecular weight excluding hydrogens is 390 g/mol. The van der Waals surface area contributed by atoms with Gasteiger partial charge in [-0.2, -0.15) is 5.10 Å². The van der Waals surface area contributed by atoms with Crippen LogP contribution >= 0.6 is 11.6 Å². The molecular formula is C18H16ClN3O4S. The molecule has 0 aliphatic rings. The summed E-state index contributed by atoms with van der Waals surface area (Å²) in [6.07, 6.45) is 1.60. The van der Waals surface area contributed by atoms with Crippen LogP contribution in [0.15, 0.2) is 59.6 Å². The Morgan fingerprint density at radius 2 is 2.00 bits per heavy atom. The third-order valence-corrected chi connectivity index (χ3v) is 5.82. The highest BCUT2D eigenvalue weighted by Gasteiger charge is 2.17. The number of nitrogens with one attached hydrogen (secondary N) is 1. The second-order valence-corrected chi connectivity index (χ2v) is 8.38. The van der Waals surface area contributed by atoms with Gasteiger partial charge in [-0.05, 0) is 42.5 Å². The van der Waals surface area contributed by atoms with Crippen LogP contribution in [0.1, 0.15) is 17.4 Å². The molecule has 9 heteroatoms. The standard InChI is InChI=1S/C18H16ClN3O4S/c1-2-27(25,26)14-6-7-17(23)16(11-14)20-18(24)15-8-9-22(21-15)13-5-3-4-12(19)10-13/h3-11,23H,2H2,1H3,(H,20,24). The fraction of sp³-hybridized carbons (Fsp3) is 0.111. The summed E-state index contributed by atoms with van der Waals surface area (Å²) < 4.78 is 25.5. The zero-order valence-corrected chi connectivity index (χ0v) is 15.8. The van der Waals surface area contributed by atoms with Crippen molar-refractivity contribution in [2.24, 2.45) is 0 Å². The van der Waals surface area contributed by atoms with Crippen LogP contribution < -0.4 is 5.32 Å². The number of rotatable bonds is 5. The van der Waals surface area contributed by atoms with Gasteiger partial charge in [0.15, 0.2) is 15.5 Å². The number of amides is 1. The Hall–Kier alpha value is -2.84. The highest BCUT2D eigenvalue weighted by molar-refractivity contribution is 7.91. The summed E-state index contributed by atoms with van der Waals surface area (Å²) in [4.78, 5) is 12.5. The molecule has 7 nitrogen and oxygen atoms in total. The molecule has 3 rings (SSSR count). The lowest BCUT2D eigenvalue weighted by atomic mass is 10.3. The predicted molar refractivity (Wildman–Crippen MR) is 102 cm³/mol. The van der Waals surface area contributed by atoms with E-state index in [1.54, 1.807) is 30.5 Å². The maximum atomic E-state index is 12.4. The first-order valence-electron chi connectivity index (χ1n) is 7.99. The average molecular weight is 406 g/mol. The Balaban J connectivity index is 1.85. The van der Waals surface area contributed by atoms with Crippen LogP contribution in [-0.4, -0.2) is 35.0 Å². The van der Waals surface area contributed by atoms with Gasteiger partial charge in [0, 0.05) is 11.2 Å². The minimum atomic E-state index is -3.47. The molecule has 0 bridgehead atoms. The SMILES string of the molecule is CCS(=O)(=O)c1ccc(O)c(NC(=O)c2ccn(-c3cccc(Cl)c3)n2)c1. The van der Waals surface area contributed by atoms with E-state index in [2.05, 4.69) is 10.4 Å². The Bertz CT molecular complexity index is 1110. The molecule has 3 aromatic rings. The molecule has 0 saturated carbocycles. The van der Waals surface area contributed by atoms with Crippen molar-refractivity contribution in [3.8, 4) is 11.4 Å². The van der Waals surface area contributed by atoms with Gasteiger partial charge in [0.1, 0.15) is 5.75 Å². The first-order valence-corrected chi connectivity index (χ1v) is 10.0. The van der Waals surface area contributed by atoms with Gasteiger partial charge in [-0.1, -0.05) is 24.6 Å². The molecule has 140 valence electrons. The normalized spacial score (nSPS) is 11.3. The lowest BCUT2D eigenvalue weighted by Crippen LogP contribution is -2.14. The van der Waals surface area contributed by atoms with Gasteiger partial charge < -0.3 is 10.4 Å². The smallest absolute Gasteiger partial charge is 0.276 e. The van der Waals surface area contributed by atoms with E-state index in [0.717, 1.165) is 0 Å². The summed E-state index contributed by atoms with van der Waals surface area (Å²) in [6.45, 7) is 1.52. The molecule has 0 aliphatic carbocycles. The summed E-state index contributed by atoms with van der Waals surface area (Å²) in [5.74, 6) is -0.917. The number of hydrogen-bond acceptors (Lipinski definition) is 5. The number of phenolic OH excluding ortho intramolecular Hbond substituents is 1. The van der Waals surface area contributed by atoms with Crippen molar-refractivity contribution in [3.63, 3.8) is 0 Å². The molecule has 0 spiro atoms. The molecule has 0 unspecified atom stereocenters. The summed E-state index contributed by atoms with van der Waals surface area (Å²) >= 11 is 5.96. The number of benzene rings is 2. The Kier molecular flexibility index (Phi) is 5.20. The molecule has 1 heterocycles. The van der Waals surface area contributed by atoms with Crippen LogP contribution in [0.4, 0.5) is 5.69 Å². The first kappa shape index (κ1) is 18.9. The molecule has 0 saturated heterocycles. The topological polar surface area (TPSA) is 101 Å². The van der Waals surface area contributed by atoms with Crippen molar-refractivity contribution in [2.45, 2.75) is 11.8 Å². The molecule has 0 fully saturated rings. The van der Waals surface area contributed by atoms with Crippen LogP contribution in [0.5, 0.6) is 5.75 Å². The molecule has 1 amide bonds. The monoisotopic (exact) mass is 405 g/mol. The second-order valence-electron chi connectivity index (χ2n) is 5.66. The van der Waals surface area contributed by atoms with E-state index < -0.39 is 15.7 Å². The molecule has 0 atom stereocenters. The summed E-state index contributed by atoms with van der Waals surface area (Å²) in [5.41, 5.74) is 0.769. The lowest BCUT2D eigenvalue weighted by molar-refractivity contribution is 0.102. The van der Waals surface area contributed by atoms with E-state index in [9.17, 15) is 18.3 Å². The minimum Gasteiger partial charge on any atom is -0.506 e. The fourth-order valence-electron chi connectivity index (χ4n) is 2.37. The number of hydrogen-bond donors (Lipinski definition) is 2. The lowest BCUT2D eigenvalue weighted by Gasteiger charge is -2.09. The van der Waals surface area contributed by atoms with Crippen LogP contribution in [0.3, 0.4) is 0 Å². The van der Waals surface area contributed by atoms with Gasteiger partial charge in [0.2, 0.25) is 0 Å².